The van der Waals surface area contributed by atoms with Crippen LogP contribution in [0.2, 0.25) is 0 Å². The Kier molecular flexibility index (Phi) is 4.87. The first kappa shape index (κ1) is 16.4. The van der Waals surface area contributed by atoms with Gasteiger partial charge < -0.3 is 5.32 Å². The van der Waals surface area contributed by atoms with Crippen LogP contribution in [0.4, 0.5) is 5.13 Å². The third-order valence-corrected chi connectivity index (χ3v) is 6.00. The van der Waals surface area contributed by atoms with Crippen LogP contribution in [0.3, 0.4) is 0 Å². The molecule has 128 valence electrons. The second-order valence-electron chi connectivity index (χ2n) is 6.00. The molecule has 25 heavy (non-hydrogen) atoms. The topological polar surface area (TPSA) is 66.9 Å². The number of nitrogens with one attached hydrogen (secondary N) is 2. The minimum atomic E-state index is -0.136. The molecule has 1 amide bonds. The SMILES string of the molecule is O=C(Nc1ncc(C2CCNCC2)s1)c1cccc(-c2cscn2)c1. The van der Waals surface area contributed by atoms with Gasteiger partial charge in [-0.25, -0.2) is 9.97 Å². The van der Waals surface area contributed by atoms with Gasteiger partial charge in [-0.2, -0.15) is 0 Å². The number of carbonyl (C=O) groups is 1. The van der Waals surface area contributed by atoms with Crippen molar-refractivity contribution in [3.05, 3.63) is 51.8 Å². The molecule has 2 aromatic heterocycles. The first-order valence-corrected chi connectivity index (χ1v) is 10.0. The molecule has 1 aliphatic heterocycles. The summed E-state index contributed by atoms with van der Waals surface area (Å²) in [6.45, 7) is 2.10. The number of piperidine rings is 1. The average molecular weight is 371 g/mol. The van der Waals surface area contributed by atoms with E-state index in [-0.39, 0.29) is 5.91 Å². The Morgan fingerprint density at radius 2 is 2.12 bits per heavy atom. The number of carbonyl (C=O) groups excluding carboxylic acids is 1. The predicted octanol–water partition coefficient (Wildman–Crippen LogP) is 3.99. The van der Waals surface area contributed by atoms with Crippen molar-refractivity contribution >= 4 is 33.7 Å². The van der Waals surface area contributed by atoms with Crippen LogP contribution in [-0.2, 0) is 0 Å². The van der Waals surface area contributed by atoms with E-state index in [1.165, 1.54) is 4.88 Å². The summed E-state index contributed by atoms with van der Waals surface area (Å²) < 4.78 is 0. The van der Waals surface area contributed by atoms with Crippen molar-refractivity contribution in [1.82, 2.24) is 15.3 Å². The summed E-state index contributed by atoms with van der Waals surface area (Å²) in [7, 11) is 0. The third-order valence-electron chi connectivity index (χ3n) is 4.34. The number of nitrogens with zero attached hydrogens (tertiary/aromatic N) is 2. The highest BCUT2D eigenvalue weighted by Crippen LogP contribution is 2.32. The lowest BCUT2D eigenvalue weighted by atomic mass is 9.97. The van der Waals surface area contributed by atoms with Gasteiger partial charge in [0.1, 0.15) is 0 Å². The number of benzene rings is 1. The molecular formula is C18H18N4OS2. The second-order valence-corrected chi connectivity index (χ2v) is 7.78. The Labute approximate surface area is 154 Å². The van der Waals surface area contributed by atoms with Crippen LogP contribution in [0, 0.1) is 0 Å². The number of hydrogen-bond acceptors (Lipinski definition) is 6. The molecule has 1 fully saturated rings. The van der Waals surface area contributed by atoms with E-state index < -0.39 is 0 Å². The van der Waals surface area contributed by atoms with Gasteiger partial charge in [-0.3, -0.25) is 10.1 Å². The van der Waals surface area contributed by atoms with Gasteiger partial charge in [-0.05, 0) is 44.0 Å². The van der Waals surface area contributed by atoms with Gasteiger partial charge in [0, 0.05) is 27.6 Å². The zero-order chi connectivity index (χ0) is 17.1. The summed E-state index contributed by atoms with van der Waals surface area (Å²) in [6.07, 6.45) is 4.17. The maximum Gasteiger partial charge on any atom is 0.257 e. The number of anilines is 1. The highest BCUT2D eigenvalue weighted by Gasteiger charge is 2.18. The minimum absolute atomic E-state index is 0.136. The summed E-state index contributed by atoms with van der Waals surface area (Å²) in [5.74, 6) is 0.417. The molecule has 0 spiro atoms. The lowest BCUT2D eigenvalue weighted by molar-refractivity contribution is 0.102. The molecule has 0 aliphatic carbocycles. The fourth-order valence-corrected chi connectivity index (χ4v) is 4.52. The van der Waals surface area contributed by atoms with E-state index in [9.17, 15) is 4.79 Å². The van der Waals surface area contributed by atoms with E-state index in [2.05, 4.69) is 20.6 Å². The molecule has 1 saturated heterocycles. The lowest BCUT2D eigenvalue weighted by Crippen LogP contribution is -2.26. The van der Waals surface area contributed by atoms with Crippen molar-refractivity contribution in [3.8, 4) is 11.3 Å². The first-order chi connectivity index (χ1) is 12.3. The van der Waals surface area contributed by atoms with Crippen molar-refractivity contribution in [1.29, 1.82) is 0 Å². The smallest absolute Gasteiger partial charge is 0.257 e. The fraction of sp³-hybridized carbons (Fsp3) is 0.278. The summed E-state index contributed by atoms with van der Waals surface area (Å²) in [4.78, 5) is 22.5. The highest BCUT2D eigenvalue weighted by molar-refractivity contribution is 7.15. The summed E-state index contributed by atoms with van der Waals surface area (Å²) >= 11 is 3.13. The summed E-state index contributed by atoms with van der Waals surface area (Å²) in [5, 5.41) is 8.94. The van der Waals surface area contributed by atoms with Gasteiger partial charge in [0.15, 0.2) is 5.13 Å². The van der Waals surface area contributed by atoms with E-state index in [0.717, 1.165) is 37.2 Å². The average Bonchev–Trinajstić information content (AvgIpc) is 3.35. The van der Waals surface area contributed by atoms with Crippen molar-refractivity contribution in [2.75, 3.05) is 18.4 Å². The van der Waals surface area contributed by atoms with Gasteiger partial charge >= 0.3 is 0 Å². The number of thiazole rings is 2. The van der Waals surface area contributed by atoms with Crippen molar-refractivity contribution in [2.45, 2.75) is 18.8 Å². The molecule has 5 nitrogen and oxygen atoms in total. The molecule has 0 bridgehead atoms. The number of aromatic nitrogens is 2. The zero-order valence-corrected chi connectivity index (χ0v) is 15.2. The molecular weight excluding hydrogens is 352 g/mol. The Morgan fingerprint density at radius 3 is 2.92 bits per heavy atom. The standard InChI is InChI=1S/C18H18N4OS2/c23-17(14-3-1-2-13(8-14)15-10-24-11-21-15)22-18-20-9-16(25-18)12-4-6-19-7-5-12/h1-3,8-12,19H,4-7H2,(H,20,22,23). The van der Waals surface area contributed by atoms with Crippen LogP contribution in [0.1, 0.15) is 34.0 Å². The molecule has 0 unspecified atom stereocenters. The van der Waals surface area contributed by atoms with Crippen LogP contribution >= 0.6 is 22.7 Å². The number of hydrogen-bond donors (Lipinski definition) is 2. The van der Waals surface area contributed by atoms with Crippen LogP contribution in [0.5, 0.6) is 0 Å². The Bertz CT molecular complexity index is 854. The zero-order valence-electron chi connectivity index (χ0n) is 13.6. The van der Waals surface area contributed by atoms with Crippen LogP contribution < -0.4 is 10.6 Å². The maximum absolute atomic E-state index is 12.5. The number of amides is 1. The predicted molar refractivity (Wildman–Crippen MR) is 102 cm³/mol. The van der Waals surface area contributed by atoms with Crippen molar-refractivity contribution < 1.29 is 4.79 Å². The van der Waals surface area contributed by atoms with Crippen LogP contribution in [-0.4, -0.2) is 29.0 Å². The molecule has 7 heteroatoms. The second kappa shape index (κ2) is 7.43. The molecule has 2 N–H and O–H groups in total. The third kappa shape index (κ3) is 3.78. The van der Waals surface area contributed by atoms with E-state index in [1.807, 2.05) is 35.8 Å². The molecule has 3 heterocycles. The monoisotopic (exact) mass is 370 g/mol. The summed E-state index contributed by atoms with van der Waals surface area (Å²) in [6, 6.07) is 7.52. The normalized spacial score (nSPS) is 15.2. The van der Waals surface area contributed by atoms with E-state index >= 15 is 0 Å². The molecule has 0 radical (unpaired) electrons. The molecule has 4 rings (SSSR count). The van der Waals surface area contributed by atoms with Gasteiger partial charge in [-0.1, -0.05) is 12.1 Å². The quantitative estimate of drug-likeness (QED) is 0.729. The number of rotatable bonds is 4. The largest absolute Gasteiger partial charge is 0.317 e. The van der Waals surface area contributed by atoms with Crippen LogP contribution in [0.15, 0.2) is 41.4 Å². The van der Waals surface area contributed by atoms with Crippen LogP contribution in [0.25, 0.3) is 11.3 Å². The maximum atomic E-state index is 12.5. The highest BCUT2D eigenvalue weighted by atomic mass is 32.1. The van der Waals surface area contributed by atoms with E-state index in [1.54, 1.807) is 28.2 Å². The molecule has 0 saturated carbocycles. The van der Waals surface area contributed by atoms with E-state index in [0.29, 0.717) is 16.6 Å². The molecule has 1 aliphatic rings. The van der Waals surface area contributed by atoms with Gasteiger partial charge in [0.05, 0.1) is 11.2 Å². The van der Waals surface area contributed by atoms with Gasteiger partial charge in [-0.15, -0.1) is 22.7 Å². The Balaban J connectivity index is 1.47. The molecule has 3 aromatic rings. The Hall–Kier alpha value is -2.09. The molecule has 0 atom stereocenters. The first-order valence-electron chi connectivity index (χ1n) is 8.26. The minimum Gasteiger partial charge on any atom is -0.317 e. The summed E-state index contributed by atoms with van der Waals surface area (Å²) in [5.41, 5.74) is 4.24. The van der Waals surface area contributed by atoms with Gasteiger partial charge in [0.2, 0.25) is 0 Å². The fourth-order valence-electron chi connectivity index (χ4n) is 2.98. The Morgan fingerprint density at radius 1 is 1.24 bits per heavy atom. The van der Waals surface area contributed by atoms with Crippen molar-refractivity contribution in [2.24, 2.45) is 0 Å². The van der Waals surface area contributed by atoms with Gasteiger partial charge in [0.25, 0.3) is 5.91 Å². The van der Waals surface area contributed by atoms with Crippen molar-refractivity contribution in [3.63, 3.8) is 0 Å². The lowest BCUT2D eigenvalue weighted by Gasteiger charge is -2.20. The molecule has 1 aromatic carbocycles. The van der Waals surface area contributed by atoms with E-state index in [4.69, 9.17) is 0 Å².